The molecule has 1 aliphatic rings. The van der Waals surface area contributed by atoms with Crippen LogP contribution >= 0.6 is 0 Å². The van der Waals surface area contributed by atoms with E-state index in [0.717, 1.165) is 38.4 Å². The van der Waals surface area contributed by atoms with Gasteiger partial charge in [-0.2, -0.15) is 0 Å². The Hall–Kier alpha value is -1.29. The minimum Gasteiger partial charge on any atom is -0.396 e. The monoisotopic (exact) mass is 207 g/mol. The Kier molecular flexibility index (Phi) is 3.40. The van der Waals surface area contributed by atoms with Crippen LogP contribution in [0.5, 0.6) is 0 Å². The first-order chi connectivity index (χ1) is 7.36. The number of pyridine rings is 1. The molecule has 15 heavy (non-hydrogen) atoms. The minimum atomic E-state index is 0.681. The van der Waals surface area contributed by atoms with Crippen molar-refractivity contribution in [1.82, 2.24) is 4.98 Å². The SMILES string of the molecule is Nc1cccnc1NCC1CCOCC1. The van der Waals surface area contributed by atoms with Crippen LogP contribution in [0, 0.1) is 5.92 Å². The Balaban J connectivity index is 1.84. The van der Waals surface area contributed by atoms with Gasteiger partial charge in [-0.1, -0.05) is 0 Å². The summed E-state index contributed by atoms with van der Waals surface area (Å²) in [5.41, 5.74) is 6.50. The molecule has 0 aromatic carbocycles. The predicted molar refractivity (Wildman–Crippen MR) is 60.7 cm³/mol. The number of hydrogen-bond donors (Lipinski definition) is 2. The van der Waals surface area contributed by atoms with E-state index in [2.05, 4.69) is 10.3 Å². The third kappa shape index (κ3) is 2.83. The molecule has 0 atom stereocenters. The molecule has 2 rings (SSSR count). The highest BCUT2D eigenvalue weighted by Gasteiger charge is 2.13. The van der Waals surface area contributed by atoms with Crippen LogP contribution in [0.2, 0.25) is 0 Å². The maximum Gasteiger partial charge on any atom is 0.149 e. The first kappa shape index (κ1) is 10.2. The lowest BCUT2D eigenvalue weighted by Gasteiger charge is -2.22. The molecule has 4 heteroatoms. The molecule has 0 aliphatic carbocycles. The summed E-state index contributed by atoms with van der Waals surface area (Å²) in [5.74, 6) is 1.48. The summed E-state index contributed by atoms with van der Waals surface area (Å²) in [6, 6.07) is 3.70. The Morgan fingerprint density at radius 2 is 2.27 bits per heavy atom. The van der Waals surface area contributed by atoms with Gasteiger partial charge < -0.3 is 15.8 Å². The van der Waals surface area contributed by atoms with Crippen molar-refractivity contribution in [2.75, 3.05) is 30.8 Å². The van der Waals surface area contributed by atoms with Gasteiger partial charge in [0.2, 0.25) is 0 Å². The molecule has 0 radical (unpaired) electrons. The first-order valence-electron chi connectivity index (χ1n) is 5.38. The van der Waals surface area contributed by atoms with Crippen LogP contribution in [0.1, 0.15) is 12.8 Å². The Morgan fingerprint density at radius 3 is 3.00 bits per heavy atom. The van der Waals surface area contributed by atoms with Gasteiger partial charge in [-0.25, -0.2) is 4.98 Å². The van der Waals surface area contributed by atoms with E-state index in [-0.39, 0.29) is 0 Å². The van der Waals surface area contributed by atoms with Crippen molar-refractivity contribution in [3.05, 3.63) is 18.3 Å². The second kappa shape index (κ2) is 4.98. The molecule has 3 N–H and O–H groups in total. The summed E-state index contributed by atoms with van der Waals surface area (Å²) >= 11 is 0. The molecule has 4 nitrogen and oxygen atoms in total. The number of nitrogens with two attached hydrogens (primary N) is 1. The Bertz CT molecular complexity index is 310. The molecule has 0 saturated carbocycles. The summed E-state index contributed by atoms with van der Waals surface area (Å²) in [6.07, 6.45) is 4.00. The lowest BCUT2D eigenvalue weighted by atomic mass is 10.0. The van der Waals surface area contributed by atoms with Gasteiger partial charge in [-0.15, -0.1) is 0 Å². The van der Waals surface area contributed by atoms with Crippen molar-refractivity contribution in [2.24, 2.45) is 5.92 Å². The van der Waals surface area contributed by atoms with Crippen LogP contribution in [0.4, 0.5) is 11.5 Å². The topological polar surface area (TPSA) is 60.2 Å². The number of nitrogens with one attached hydrogen (secondary N) is 1. The zero-order valence-electron chi connectivity index (χ0n) is 8.78. The van der Waals surface area contributed by atoms with E-state index in [9.17, 15) is 0 Å². The Morgan fingerprint density at radius 1 is 1.47 bits per heavy atom. The molecule has 1 fully saturated rings. The lowest BCUT2D eigenvalue weighted by Crippen LogP contribution is -2.23. The average Bonchev–Trinajstić information content (AvgIpc) is 2.29. The number of rotatable bonds is 3. The number of hydrogen-bond acceptors (Lipinski definition) is 4. The van der Waals surface area contributed by atoms with E-state index in [4.69, 9.17) is 10.5 Å². The van der Waals surface area contributed by atoms with Crippen LogP contribution in [-0.2, 0) is 4.74 Å². The highest BCUT2D eigenvalue weighted by atomic mass is 16.5. The number of nitrogens with zero attached hydrogens (tertiary/aromatic N) is 1. The van der Waals surface area contributed by atoms with E-state index in [1.54, 1.807) is 6.20 Å². The summed E-state index contributed by atoms with van der Waals surface area (Å²) < 4.78 is 5.31. The smallest absolute Gasteiger partial charge is 0.149 e. The predicted octanol–water partition coefficient (Wildman–Crippen LogP) is 1.50. The molecule has 0 spiro atoms. The number of anilines is 2. The fourth-order valence-corrected chi connectivity index (χ4v) is 1.76. The molecule has 2 heterocycles. The van der Waals surface area contributed by atoms with E-state index >= 15 is 0 Å². The summed E-state index contributed by atoms with van der Waals surface area (Å²) in [4.78, 5) is 4.20. The van der Waals surface area contributed by atoms with Gasteiger partial charge in [0.15, 0.2) is 0 Å². The maximum absolute atomic E-state index is 5.79. The molecule has 0 unspecified atom stereocenters. The van der Waals surface area contributed by atoms with Crippen LogP contribution < -0.4 is 11.1 Å². The van der Waals surface area contributed by atoms with Crippen molar-refractivity contribution in [1.29, 1.82) is 0 Å². The van der Waals surface area contributed by atoms with Gasteiger partial charge >= 0.3 is 0 Å². The molecular formula is C11H17N3O. The van der Waals surface area contributed by atoms with Crippen molar-refractivity contribution in [3.63, 3.8) is 0 Å². The number of aromatic nitrogens is 1. The van der Waals surface area contributed by atoms with Gasteiger partial charge in [0.1, 0.15) is 5.82 Å². The minimum absolute atomic E-state index is 0.681. The summed E-state index contributed by atoms with van der Waals surface area (Å²) in [6.45, 7) is 2.69. The Labute approximate surface area is 89.8 Å². The van der Waals surface area contributed by atoms with Gasteiger partial charge in [-0.05, 0) is 30.9 Å². The summed E-state index contributed by atoms with van der Waals surface area (Å²) in [7, 11) is 0. The second-order valence-corrected chi connectivity index (χ2v) is 3.88. The lowest BCUT2D eigenvalue weighted by molar-refractivity contribution is 0.0699. The highest BCUT2D eigenvalue weighted by molar-refractivity contribution is 5.60. The standard InChI is InChI=1S/C11H17N3O/c12-10-2-1-5-13-11(10)14-8-9-3-6-15-7-4-9/h1-2,5,9H,3-4,6-8,12H2,(H,13,14). The van der Waals surface area contributed by atoms with Crippen molar-refractivity contribution in [2.45, 2.75) is 12.8 Å². The molecule has 0 amide bonds. The van der Waals surface area contributed by atoms with E-state index in [1.165, 1.54) is 0 Å². The van der Waals surface area contributed by atoms with Crippen molar-refractivity contribution in [3.8, 4) is 0 Å². The third-order valence-corrected chi connectivity index (χ3v) is 2.74. The van der Waals surface area contributed by atoms with E-state index in [1.807, 2.05) is 12.1 Å². The molecule has 1 saturated heterocycles. The van der Waals surface area contributed by atoms with Crippen molar-refractivity contribution < 1.29 is 4.74 Å². The van der Waals surface area contributed by atoms with E-state index < -0.39 is 0 Å². The largest absolute Gasteiger partial charge is 0.396 e. The number of nitrogen functional groups attached to an aromatic ring is 1. The van der Waals surface area contributed by atoms with Gasteiger partial charge in [0.25, 0.3) is 0 Å². The van der Waals surface area contributed by atoms with Crippen LogP contribution in [0.3, 0.4) is 0 Å². The van der Waals surface area contributed by atoms with E-state index in [0.29, 0.717) is 11.6 Å². The fourth-order valence-electron chi connectivity index (χ4n) is 1.76. The second-order valence-electron chi connectivity index (χ2n) is 3.88. The molecule has 1 aliphatic heterocycles. The molecule has 1 aromatic rings. The third-order valence-electron chi connectivity index (χ3n) is 2.74. The van der Waals surface area contributed by atoms with Crippen LogP contribution in [0.15, 0.2) is 18.3 Å². The van der Waals surface area contributed by atoms with Gasteiger partial charge in [0.05, 0.1) is 5.69 Å². The molecule has 1 aromatic heterocycles. The highest BCUT2D eigenvalue weighted by Crippen LogP contribution is 2.18. The number of ether oxygens (including phenoxy) is 1. The van der Waals surface area contributed by atoms with Crippen LogP contribution in [-0.4, -0.2) is 24.7 Å². The van der Waals surface area contributed by atoms with Gasteiger partial charge in [-0.3, -0.25) is 0 Å². The molecule has 82 valence electrons. The summed E-state index contributed by atoms with van der Waals surface area (Å²) in [5, 5.41) is 3.29. The first-order valence-corrected chi connectivity index (χ1v) is 5.38. The average molecular weight is 207 g/mol. The van der Waals surface area contributed by atoms with Crippen molar-refractivity contribution >= 4 is 11.5 Å². The molecular weight excluding hydrogens is 190 g/mol. The molecule has 0 bridgehead atoms. The zero-order chi connectivity index (χ0) is 10.5. The van der Waals surface area contributed by atoms with Gasteiger partial charge in [0, 0.05) is 26.0 Å². The van der Waals surface area contributed by atoms with Crippen LogP contribution in [0.25, 0.3) is 0 Å². The zero-order valence-corrected chi connectivity index (χ0v) is 8.78. The maximum atomic E-state index is 5.79. The fraction of sp³-hybridized carbons (Fsp3) is 0.545. The normalized spacial score (nSPS) is 17.6. The quantitative estimate of drug-likeness (QED) is 0.788.